The second-order valence-corrected chi connectivity index (χ2v) is 9.65. The van der Waals surface area contributed by atoms with E-state index in [-0.39, 0.29) is 12.2 Å². The maximum absolute atomic E-state index is 11.6. The summed E-state index contributed by atoms with van der Waals surface area (Å²) in [6.45, 7) is -0.835. The summed E-state index contributed by atoms with van der Waals surface area (Å²) in [4.78, 5) is 49.8. The number of aromatic nitrogens is 3. The third-order valence-corrected chi connectivity index (χ3v) is 6.85. The molecule has 0 bridgehead atoms. The summed E-state index contributed by atoms with van der Waals surface area (Å²) in [7, 11) is -16.5. The molecule has 2 heterocycles. The number of nitrogens with two attached hydrogens (primary N) is 1. The largest absolute Gasteiger partial charge is 0.490 e. The monoisotopic (exact) mass is 468 g/mol. The average molecular weight is 468 g/mol. The molecule has 3 unspecified atom stereocenters. The summed E-state index contributed by atoms with van der Waals surface area (Å²) < 4.78 is 51.2. The first-order chi connectivity index (χ1) is 12.7. The molecule has 28 heavy (non-hydrogen) atoms. The van der Waals surface area contributed by atoms with Gasteiger partial charge in [-0.25, -0.2) is 23.4 Å². The predicted octanol–water partition coefficient (Wildman–Crippen LogP) is -1.63. The van der Waals surface area contributed by atoms with Crippen LogP contribution in [0.15, 0.2) is 6.33 Å². The lowest BCUT2D eigenvalue weighted by Crippen LogP contribution is -2.26. The van der Waals surface area contributed by atoms with Gasteiger partial charge in [-0.2, -0.15) is 8.62 Å². The zero-order valence-corrected chi connectivity index (χ0v) is 16.2. The molecule has 2 rings (SSSR count). The van der Waals surface area contributed by atoms with Gasteiger partial charge in [-0.3, -0.25) is 9.32 Å². The Morgan fingerprint density at radius 1 is 1.25 bits per heavy atom. The molecular weight excluding hydrogens is 453 g/mol. The van der Waals surface area contributed by atoms with Crippen molar-refractivity contribution in [2.75, 3.05) is 6.61 Å². The number of amides is 1. The number of carbonyl (C=O) groups is 1. The van der Waals surface area contributed by atoms with E-state index in [0.29, 0.717) is 0 Å². The summed E-state index contributed by atoms with van der Waals surface area (Å²) in [5.74, 6) is -1.21. The van der Waals surface area contributed by atoms with Crippen LogP contribution in [0, 0.1) is 0 Å². The quantitative estimate of drug-likeness (QED) is 0.222. The molecule has 1 amide bonds. The van der Waals surface area contributed by atoms with Crippen LogP contribution in [0.3, 0.4) is 0 Å². The summed E-state index contributed by atoms with van der Waals surface area (Å²) in [6.07, 6.45) is -2.42. The van der Waals surface area contributed by atoms with E-state index in [1.54, 1.807) is 0 Å². The number of carbonyl (C=O) groups excluding carboxylic acids is 1. The molecule has 0 aromatic carbocycles. The second kappa shape index (κ2) is 8.36. The third-order valence-electron chi connectivity index (χ3n) is 3.05. The van der Waals surface area contributed by atoms with Gasteiger partial charge in [0.1, 0.15) is 12.4 Å². The van der Waals surface area contributed by atoms with Gasteiger partial charge in [0.25, 0.3) is 5.91 Å². The Hall–Kier alpha value is -1.06. The predicted molar refractivity (Wildman–Crippen MR) is 82.9 cm³/mol. The van der Waals surface area contributed by atoms with E-state index in [4.69, 9.17) is 25.2 Å². The van der Waals surface area contributed by atoms with Crippen molar-refractivity contribution in [3.8, 4) is 0 Å². The summed E-state index contributed by atoms with van der Waals surface area (Å²) in [5.41, 5.74) is 5.00. The van der Waals surface area contributed by atoms with Crippen molar-refractivity contribution in [1.82, 2.24) is 14.8 Å². The number of ether oxygens (including phenoxy) is 1. The molecule has 1 aliphatic rings. The molecule has 5 atom stereocenters. The lowest BCUT2D eigenvalue weighted by atomic mass is 10.2. The van der Waals surface area contributed by atoms with Crippen LogP contribution in [0.5, 0.6) is 0 Å². The molecule has 0 aliphatic carbocycles. The van der Waals surface area contributed by atoms with E-state index < -0.39 is 54.4 Å². The first-order valence-corrected chi connectivity index (χ1v) is 11.5. The van der Waals surface area contributed by atoms with Gasteiger partial charge in [0.15, 0.2) is 6.23 Å². The molecule has 0 spiro atoms. The topological polar surface area (TPSA) is 263 Å². The number of phosphoric acid groups is 3. The number of hydrogen-bond donors (Lipinski definition) is 6. The van der Waals surface area contributed by atoms with Gasteiger partial charge >= 0.3 is 23.5 Å². The van der Waals surface area contributed by atoms with Crippen LogP contribution in [0.1, 0.15) is 23.3 Å². The molecule has 160 valence electrons. The van der Waals surface area contributed by atoms with Gasteiger partial charge < -0.3 is 35.2 Å². The maximum atomic E-state index is 11.6. The van der Waals surface area contributed by atoms with Crippen LogP contribution in [-0.4, -0.2) is 64.2 Å². The Bertz CT molecular complexity index is 868. The zero-order valence-electron chi connectivity index (χ0n) is 13.5. The van der Waals surface area contributed by atoms with Gasteiger partial charge in [-0.1, -0.05) is 0 Å². The van der Waals surface area contributed by atoms with E-state index in [1.165, 1.54) is 0 Å². The summed E-state index contributed by atoms with van der Waals surface area (Å²) in [5, 5.41) is 13.6. The highest BCUT2D eigenvalue weighted by Gasteiger charge is 2.43. The Balaban J connectivity index is 1.94. The molecule has 1 aromatic heterocycles. The van der Waals surface area contributed by atoms with Gasteiger partial charge in [-0.05, 0) is 0 Å². The molecule has 17 nitrogen and oxygen atoms in total. The fourth-order valence-corrected chi connectivity index (χ4v) is 5.05. The van der Waals surface area contributed by atoms with Crippen molar-refractivity contribution in [3.05, 3.63) is 12.2 Å². The number of rotatable bonds is 9. The fourth-order valence-electron chi connectivity index (χ4n) is 2.02. The normalized spacial score (nSPS) is 27.2. The Morgan fingerprint density at radius 3 is 2.43 bits per heavy atom. The lowest BCUT2D eigenvalue weighted by molar-refractivity contribution is -0.0476. The van der Waals surface area contributed by atoms with Crippen molar-refractivity contribution in [2.45, 2.75) is 24.9 Å². The number of hydrogen-bond acceptors (Lipinski definition) is 11. The molecule has 0 saturated carbocycles. The Morgan fingerprint density at radius 2 is 1.89 bits per heavy atom. The third kappa shape index (κ3) is 6.77. The molecule has 1 aromatic rings. The van der Waals surface area contributed by atoms with E-state index in [9.17, 15) is 28.5 Å². The molecule has 0 radical (unpaired) electrons. The Kier molecular flexibility index (Phi) is 6.93. The first kappa shape index (κ1) is 23.2. The highest BCUT2D eigenvalue weighted by molar-refractivity contribution is 7.66. The average Bonchev–Trinajstić information content (AvgIpc) is 3.07. The molecule has 1 fully saturated rings. The van der Waals surface area contributed by atoms with E-state index in [1.807, 2.05) is 0 Å². The fraction of sp³-hybridized carbons (Fsp3) is 0.625. The van der Waals surface area contributed by atoms with Crippen molar-refractivity contribution < 1.29 is 61.1 Å². The molecule has 20 heteroatoms. The van der Waals surface area contributed by atoms with Crippen molar-refractivity contribution in [1.29, 1.82) is 0 Å². The van der Waals surface area contributed by atoms with Crippen LogP contribution in [0.4, 0.5) is 0 Å². The molecular formula is C8H15N4O13P3. The number of primary amides is 1. The first-order valence-electron chi connectivity index (χ1n) is 7.00. The maximum Gasteiger partial charge on any atom is 0.490 e. The number of phosphoric ester groups is 1. The summed E-state index contributed by atoms with van der Waals surface area (Å²) >= 11 is 0. The highest BCUT2D eigenvalue weighted by Crippen LogP contribution is 2.66. The lowest BCUT2D eigenvalue weighted by Gasteiger charge is -2.19. The second-order valence-electron chi connectivity index (χ2n) is 5.23. The zero-order chi connectivity index (χ0) is 21.3. The number of aliphatic hydroxyl groups excluding tert-OH is 1. The van der Waals surface area contributed by atoms with Gasteiger partial charge in [-0.15, -0.1) is 5.10 Å². The number of aliphatic hydroxyl groups is 1. The summed E-state index contributed by atoms with van der Waals surface area (Å²) in [6, 6.07) is 0. The SMILES string of the molecule is NC(=O)c1ncn([C@H]2C[C@@H](O)C(COP(=O)(O)OP(=O)(O)OP(=O)(O)O)O2)n1. The minimum atomic E-state index is -5.65. The van der Waals surface area contributed by atoms with Crippen molar-refractivity contribution >= 4 is 29.4 Å². The van der Waals surface area contributed by atoms with Crippen LogP contribution in [0.25, 0.3) is 0 Å². The van der Waals surface area contributed by atoms with Crippen LogP contribution in [-0.2, 0) is 31.6 Å². The van der Waals surface area contributed by atoms with Crippen LogP contribution >= 0.6 is 23.5 Å². The smallest absolute Gasteiger partial charge is 0.390 e. The molecule has 1 aliphatic heterocycles. The van der Waals surface area contributed by atoms with E-state index in [2.05, 4.69) is 23.2 Å². The standard InChI is InChI=1S/C8H15N4O13P3/c9-7(14)8-10-3-12(11-8)6-1-4(13)5(23-6)2-22-27(18,19)25-28(20,21)24-26(15,16)17/h3-6,13H,1-2H2,(H2,9,14)(H,18,19)(H,20,21)(H2,15,16,17)/t4-,5?,6-/m1/s1. The highest BCUT2D eigenvalue weighted by atomic mass is 31.3. The Labute approximate surface area is 155 Å². The van der Waals surface area contributed by atoms with Gasteiger partial charge in [0, 0.05) is 6.42 Å². The van der Waals surface area contributed by atoms with Crippen LogP contribution < -0.4 is 5.73 Å². The minimum absolute atomic E-state index is 0.0913. The van der Waals surface area contributed by atoms with Gasteiger partial charge in [0.2, 0.25) is 5.82 Å². The minimum Gasteiger partial charge on any atom is -0.390 e. The molecule has 1 saturated heterocycles. The van der Waals surface area contributed by atoms with Gasteiger partial charge in [0.05, 0.1) is 12.7 Å². The number of nitrogens with zero attached hydrogens (tertiary/aromatic N) is 3. The van der Waals surface area contributed by atoms with E-state index in [0.717, 1.165) is 11.0 Å². The van der Waals surface area contributed by atoms with E-state index >= 15 is 0 Å². The van der Waals surface area contributed by atoms with Crippen molar-refractivity contribution in [3.63, 3.8) is 0 Å². The van der Waals surface area contributed by atoms with Crippen molar-refractivity contribution in [2.24, 2.45) is 5.73 Å². The molecule has 7 N–H and O–H groups in total. The van der Waals surface area contributed by atoms with Crippen LogP contribution in [0.2, 0.25) is 0 Å².